The topological polar surface area (TPSA) is 93.9 Å². The van der Waals surface area contributed by atoms with Gasteiger partial charge in [0.25, 0.3) is 0 Å². The number of nitrogens with one attached hydrogen (secondary N) is 1. The first kappa shape index (κ1) is 20.3. The van der Waals surface area contributed by atoms with E-state index in [4.69, 9.17) is 14.7 Å². The molecule has 1 saturated heterocycles. The molecule has 5 heterocycles. The third-order valence-corrected chi connectivity index (χ3v) is 5.50. The highest BCUT2D eigenvalue weighted by atomic mass is 16.5. The van der Waals surface area contributed by atoms with Crippen LogP contribution in [0, 0.1) is 0 Å². The maximum Gasteiger partial charge on any atom is 0.229 e. The van der Waals surface area contributed by atoms with Crippen LogP contribution in [0.5, 0.6) is 0 Å². The van der Waals surface area contributed by atoms with E-state index in [0.717, 1.165) is 46.9 Å². The molecule has 9 heteroatoms. The number of pyridine rings is 2. The van der Waals surface area contributed by atoms with Gasteiger partial charge in [0.1, 0.15) is 0 Å². The summed E-state index contributed by atoms with van der Waals surface area (Å²) in [6, 6.07) is 8.25. The molecule has 0 radical (unpaired) electrons. The standard InChI is InChI=1S/C23H26N8O/c1-16(2)31-15-27-20-21(28-23(29-22(20)31)30-8-10-32-11-9-30)26-13-17-5-6-19(25-12-17)18-4-3-7-24-14-18/h3-7,12,14-16H,8-11,13H2,1-2H3,(H,26,28,29). The minimum Gasteiger partial charge on any atom is -0.378 e. The summed E-state index contributed by atoms with van der Waals surface area (Å²) in [5.74, 6) is 1.43. The van der Waals surface area contributed by atoms with Crippen molar-refractivity contribution >= 4 is 22.9 Å². The summed E-state index contributed by atoms with van der Waals surface area (Å²) < 4.78 is 7.57. The van der Waals surface area contributed by atoms with Crippen molar-refractivity contribution < 1.29 is 4.74 Å². The zero-order valence-electron chi connectivity index (χ0n) is 18.3. The van der Waals surface area contributed by atoms with Crippen LogP contribution in [0.4, 0.5) is 11.8 Å². The monoisotopic (exact) mass is 430 g/mol. The van der Waals surface area contributed by atoms with Crippen LogP contribution in [0.2, 0.25) is 0 Å². The smallest absolute Gasteiger partial charge is 0.229 e. The lowest BCUT2D eigenvalue weighted by molar-refractivity contribution is 0.122. The number of imidazole rings is 1. The summed E-state index contributed by atoms with van der Waals surface area (Å²) in [5.41, 5.74) is 4.57. The Kier molecular flexibility index (Phi) is 5.64. The van der Waals surface area contributed by atoms with Gasteiger partial charge in [-0.05, 0) is 37.6 Å². The average Bonchev–Trinajstić information content (AvgIpc) is 3.28. The Morgan fingerprint density at radius 3 is 2.66 bits per heavy atom. The summed E-state index contributed by atoms with van der Waals surface area (Å²) in [6.45, 7) is 7.76. The second kappa shape index (κ2) is 8.88. The van der Waals surface area contributed by atoms with Crippen LogP contribution in [0.3, 0.4) is 0 Å². The summed E-state index contributed by atoms with van der Waals surface area (Å²) in [7, 11) is 0. The molecular weight excluding hydrogens is 404 g/mol. The second-order valence-electron chi connectivity index (χ2n) is 8.04. The van der Waals surface area contributed by atoms with Gasteiger partial charge in [-0.15, -0.1) is 0 Å². The first-order chi connectivity index (χ1) is 15.7. The van der Waals surface area contributed by atoms with Crippen molar-refractivity contribution in [2.45, 2.75) is 26.4 Å². The molecule has 9 nitrogen and oxygen atoms in total. The zero-order valence-corrected chi connectivity index (χ0v) is 18.3. The highest BCUT2D eigenvalue weighted by Gasteiger charge is 2.20. The van der Waals surface area contributed by atoms with Crippen molar-refractivity contribution in [2.24, 2.45) is 0 Å². The molecule has 0 amide bonds. The van der Waals surface area contributed by atoms with Gasteiger partial charge in [0, 0.05) is 49.8 Å². The van der Waals surface area contributed by atoms with Gasteiger partial charge in [-0.3, -0.25) is 9.97 Å². The summed E-state index contributed by atoms with van der Waals surface area (Å²) in [6.07, 6.45) is 7.29. The molecule has 1 aliphatic heterocycles. The molecule has 0 spiro atoms. The van der Waals surface area contributed by atoms with Gasteiger partial charge in [0.05, 0.1) is 25.2 Å². The zero-order chi connectivity index (χ0) is 21.9. The van der Waals surface area contributed by atoms with E-state index in [1.165, 1.54) is 0 Å². The molecule has 5 rings (SSSR count). The number of ether oxygens (including phenoxy) is 1. The third kappa shape index (κ3) is 4.11. The highest BCUT2D eigenvalue weighted by molar-refractivity contribution is 5.84. The SMILES string of the molecule is CC(C)n1cnc2c(NCc3ccc(-c4cccnc4)nc3)nc(N3CCOCC3)nc21. The Bertz CT molecular complexity index is 1180. The Balaban J connectivity index is 1.41. The first-order valence-corrected chi connectivity index (χ1v) is 10.9. The van der Waals surface area contributed by atoms with E-state index in [0.29, 0.717) is 25.7 Å². The summed E-state index contributed by atoms with van der Waals surface area (Å²) in [5, 5.41) is 3.46. The van der Waals surface area contributed by atoms with Crippen molar-refractivity contribution in [3.63, 3.8) is 0 Å². The molecule has 32 heavy (non-hydrogen) atoms. The number of fused-ring (bicyclic) bond motifs is 1. The van der Waals surface area contributed by atoms with E-state index in [1.54, 1.807) is 6.20 Å². The maximum absolute atomic E-state index is 5.49. The molecule has 1 aliphatic rings. The molecule has 1 fully saturated rings. The van der Waals surface area contributed by atoms with Crippen LogP contribution >= 0.6 is 0 Å². The Labute approximate surface area is 186 Å². The third-order valence-electron chi connectivity index (χ3n) is 5.50. The predicted octanol–water partition coefficient (Wildman–Crippen LogP) is 3.31. The van der Waals surface area contributed by atoms with Crippen LogP contribution in [0.25, 0.3) is 22.4 Å². The Hall–Kier alpha value is -3.59. The van der Waals surface area contributed by atoms with Crippen LogP contribution in [0.15, 0.2) is 49.2 Å². The van der Waals surface area contributed by atoms with Crippen LogP contribution < -0.4 is 10.2 Å². The van der Waals surface area contributed by atoms with Crippen molar-refractivity contribution in [2.75, 3.05) is 36.5 Å². The molecule has 164 valence electrons. The number of hydrogen-bond donors (Lipinski definition) is 1. The van der Waals surface area contributed by atoms with Gasteiger partial charge < -0.3 is 19.5 Å². The Morgan fingerprint density at radius 1 is 1.06 bits per heavy atom. The molecule has 0 aliphatic carbocycles. The molecule has 0 atom stereocenters. The van der Waals surface area contributed by atoms with Crippen LogP contribution in [-0.2, 0) is 11.3 Å². The highest BCUT2D eigenvalue weighted by Crippen LogP contribution is 2.26. The van der Waals surface area contributed by atoms with E-state index in [2.05, 4.69) is 49.6 Å². The number of morpholine rings is 1. The first-order valence-electron chi connectivity index (χ1n) is 10.9. The van der Waals surface area contributed by atoms with Crippen molar-refractivity contribution in [3.8, 4) is 11.3 Å². The molecule has 0 bridgehead atoms. The molecule has 0 unspecified atom stereocenters. The number of anilines is 2. The quantitative estimate of drug-likeness (QED) is 0.498. The minimum atomic E-state index is 0.254. The maximum atomic E-state index is 5.49. The van der Waals surface area contributed by atoms with E-state index in [1.807, 2.05) is 36.9 Å². The molecule has 0 aromatic carbocycles. The van der Waals surface area contributed by atoms with Crippen molar-refractivity contribution in [1.29, 1.82) is 0 Å². The normalized spacial score (nSPS) is 14.3. The largest absolute Gasteiger partial charge is 0.378 e. The number of aromatic nitrogens is 6. The summed E-state index contributed by atoms with van der Waals surface area (Å²) >= 11 is 0. The lowest BCUT2D eigenvalue weighted by Gasteiger charge is -2.27. The molecule has 0 saturated carbocycles. The summed E-state index contributed by atoms with van der Waals surface area (Å²) in [4.78, 5) is 25.2. The lowest BCUT2D eigenvalue weighted by atomic mass is 10.1. The fourth-order valence-corrected chi connectivity index (χ4v) is 3.71. The van der Waals surface area contributed by atoms with Crippen LogP contribution in [-0.4, -0.2) is 55.8 Å². The molecule has 4 aromatic rings. The van der Waals surface area contributed by atoms with Crippen molar-refractivity contribution in [3.05, 3.63) is 54.7 Å². The fraction of sp³-hybridized carbons (Fsp3) is 0.348. The van der Waals surface area contributed by atoms with Crippen molar-refractivity contribution in [1.82, 2.24) is 29.5 Å². The molecular formula is C23H26N8O. The van der Waals surface area contributed by atoms with E-state index in [9.17, 15) is 0 Å². The lowest BCUT2D eigenvalue weighted by Crippen LogP contribution is -2.37. The number of hydrogen-bond acceptors (Lipinski definition) is 8. The second-order valence-corrected chi connectivity index (χ2v) is 8.04. The van der Waals surface area contributed by atoms with Gasteiger partial charge in [-0.25, -0.2) is 4.98 Å². The van der Waals surface area contributed by atoms with Gasteiger partial charge in [0.2, 0.25) is 5.95 Å². The van der Waals surface area contributed by atoms with E-state index >= 15 is 0 Å². The molecule has 4 aromatic heterocycles. The Morgan fingerprint density at radius 2 is 1.94 bits per heavy atom. The van der Waals surface area contributed by atoms with E-state index in [-0.39, 0.29) is 6.04 Å². The fourth-order valence-electron chi connectivity index (χ4n) is 3.71. The average molecular weight is 431 g/mol. The number of nitrogens with zero attached hydrogens (tertiary/aromatic N) is 7. The predicted molar refractivity (Wildman–Crippen MR) is 124 cm³/mol. The van der Waals surface area contributed by atoms with Gasteiger partial charge in [-0.1, -0.05) is 6.07 Å². The van der Waals surface area contributed by atoms with Gasteiger partial charge in [-0.2, -0.15) is 9.97 Å². The van der Waals surface area contributed by atoms with Gasteiger partial charge >= 0.3 is 0 Å². The van der Waals surface area contributed by atoms with E-state index < -0.39 is 0 Å². The van der Waals surface area contributed by atoms with Gasteiger partial charge in [0.15, 0.2) is 17.0 Å². The van der Waals surface area contributed by atoms with Crippen LogP contribution in [0.1, 0.15) is 25.5 Å². The molecule has 1 N–H and O–H groups in total. The number of rotatable bonds is 6. The minimum absolute atomic E-state index is 0.254.